The van der Waals surface area contributed by atoms with Crippen LogP contribution in [0.15, 0.2) is 53.3 Å². The van der Waals surface area contributed by atoms with Crippen molar-refractivity contribution in [2.24, 2.45) is 0 Å². The number of fused-ring (bicyclic) bond motifs is 1. The summed E-state index contributed by atoms with van der Waals surface area (Å²) < 4.78 is 1.62. The molecule has 2 amide bonds. The second-order valence-electron chi connectivity index (χ2n) is 8.56. The number of anilines is 1. The van der Waals surface area contributed by atoms with Crippen molar-refractivity contribution >= 4 is 34.5 Å². The van der Waals surface area contributed by atoms with E-state index in [1.54, 1.807) is 15.6 Å². The highest BCUT2D eigenvalue weighted by Gasteiger charge is 2.26. The number of aromatic nitrogens is 5. The van der Waals surface area contributed by atoms with Gasteiger partial charge in [0.1, 0.15) is 5.82 Å². The molecular formula is C24H24ClN7O2. The second kappa shape index (κ2) is 9.26. The molecule has 10 heteroatoms. The fourth-order valence-corrected chi connectivity index (χ4v) is 4.49. The number of H-pyrrole nitrogens is 1. The Labute approximate surface area is 200 Å². The van der Waals surface area contributed by atoms with Crippen LogP contribution in [0.2, 0.25) is 5.02 Å². The largest absolute Gasteiger partial charge is 0.324 e. The summed E-state index contributed by atoms with van der Waals surface area (Å²) in [7, 11) is 0. The molecule has 0 spiro atoms. The third-order valence-corrected chi connectivity index (χ3v) is 6.29. The number of carbonyl (C=O) groups is 1. The predicted octanol–water partition coefficient (Wildman–Crippen LogP) is 3.94. The summed E-state index contributed by atoms with van der Waals surface area (Å²) in [6.07, 6.45) is 1.40. The van der Waals surface area contributed by atoms with Gasteiger partial charge in [0.2, 0.25) is 0 Å². The topological polar surface area (TPSA) is 109 Å². The molecule has 9 nitrogen and oxygen atoms in total. The van der Waals surface area contributed by atoms with Crippen LogP contribution in [0.5, 0.6) is 0 Å². The van der Waals surface area contributed by atoms with E-state index in [0.29, 0.717) is 49.0 Å². The zero-order chi connectivity index (χ0) is 23.7. The maximum atomic E-state index is 12.7. The van der Waals surface area contributed by atoms with Crippen molar-refractivity contribution in [3.8, 4) is 0 Å². The molecule has 1 aliphatic rings. The first-order valence-corrected chi connectivity index (χ1v) is 11.5. The van der Waals surface area contributed by atoms with E-state index in [-0.39, 0.29) is 23.0 Å². The number of aromatic amines is 1. The van der Waals surface area contributed by atoms with Crippen molar-refractivity contribution < 1.29 is 4.79 Å². The Bertz CT molecular complexity index is 1410. The lowest BCUT2D eigenvalue weighted by Crippen LogP contribution is -2.41. The number of hydrogen-bond donors (Lipinski definition) is 2. The molecule has 2 N–H and O–H groups in total. The number of likely N-dealkylation sites (tertiary alicyclic amines) is 1. The molecule has 2 aromatic heterocycles. The molecule has 0 radical (unpaired) electrons. The first-order valence-electron chi connectivity index (χ1n) is 11.2. The fourth-order valence-electron chi connectivity index (χ4n) is 4.27. The van der Waals surface area contributed by atoms with Gasteiger partial charge >= 0.3 is 6.03 Å². The number of aryl methyl sites for hydroxylation is 1. The van der Waals surface area contributed by atoms with E-state index >= 15 is 0 Å². The average molecular weight is 478 g/mol. The van der Waals surface area contributed by atoms with Crippen LogP contribution in [0.1, 0.15) is 35.7 Å². The SMILES string of the molecule is Cc1cccc(NC(=O)N2CCC(c3nc4c(nnn4Cc4cccc(Cl)c4)c(=O)[nH]3)CC2)c1. The normalized spacial score (nSPS) is 14.5. The Morgan fingerprint density at radius 1 is 1.18 bits per heavy atom. The molecule has 1 fully saturated rings. The molecule has 34 heavy (non-hydrogen) atoms. The van der Waals surface area contributed by atoms with E-state index in [2.05, 4.69) is 20.6 Å². The van der Waals surface area contributed by atoms with Crippen LogP contribution in [-0.2, 0) is 6.54 Å². The number of halogens is 1. The second-order valence-corrected chi connectivity index (χ2v) is 9.00. The summed E-state index contributed by atoms with van der Waals surface area (Å²) in [6.45, 7) is 3.54. The molecule has 174 valence electrons. The fraction of sp³-hybridized carbons (Fsp3) is 0.292. The standard InChI is InChI=1S/C24H24ClN7O2/c1-15-4-2-7-19(12-15)26-24(34)31-10-8-17(9-11-31)21-27-22-20(23(33)28-21)29-30-32(22)14-16-5-3-6-18(25)13-16/h2-7,12-13,17H,8-11,14H2,1H3,(H,26,34)(H,27,28,33). The summed E-state index contributed by atoms with van der Waals surface area (Å²) >= 11 is 6.09. The van der Waals surface area contributed by atoms with Gasteiger partial charge in [0.15, 0.2) is 11.2 Å². The van der Waals surface area contributed by atoms with Gasteiger partial charge in [-0.25, -0.2) is 14.5 Å². The van der Waals surface area contributed by atoms with Gasteiger partial charge in [0, 0.05) is 29.7 Å². The van der Waals surface area contributed by atoms with Crippen molar-refractivity contribution in [2.45, 2.75) is 32.2 Å². The minimum atomic E-state index is -0.308. The lowest BCUT2D eigenvalue weighted by Gasteiger charge is -2.31. The van der Waals surface area contributed by atoms with E-state index in [4.69, 9.17) is 16.6 Å². The maximum Gasteiger partial charge on any atom is 0.321 e. The first-order chi connectivity index (χ1) is 16.5. The van der Waals surface area contributed by atoms with E-state index in [1.165, 1.54) is 0 Å². The van der Waals surface area contributed by atoms with Gasteiger partial charge in [-0.3, -0.25) is 4.79 Å². The Balaban J connectivity index is 1.30. The maximum absolute atomic E-state index is 12.7. The number of nitrogens with one attached hydrogen (secondary N) is 2. The minimum absolute atomic E-state index is 0.0367. The predicted molar refractivity (Wildman–Crippen MR) is 130 cm³/mol. The Morgan fingerprint density at radius 3 is 2.74 bits per heavy atom. The third kappa shape index (κ3) is 4.65. The molecule has 0 aliphatic carbocycles. The van der Waals surface area contributed by atoms with E-state index < -0.39 is 0 Å². The zero-order valence-corrected chi connectivity index (χ0v) is 19.4. The molecule has 1 aliphatic heterocycles. The van der Waals surface area contributed by atoms with Gasteiger partial charge in [-0.15, -0.1) is 5.10 Å². The third-order valence-electron chi connectivity index (χ3n) is 6.05. The van der Waals surface area contributed by atoms with Crippen LogP contribution >= 0.6 is 11.6 Å². The van der Waals surface area contributed by atoms with Crippen molar-refractivity contribution in [3.05, 3.63) is 80.9 Å². The smallest absolute Gasteiger partial charge is 0.321 e. The van der Waals surface area contributed by atoms with Crippen LogP contribution in [0.25, 0.3) is 11.2 Å². The number of nitrogens with zero attached hydrogens (tertiary/aromatic N) is 5. The van der Waals surface area contributed by atoms with Gasteiger partial charge in [-0.05, 0) is 55.2 Å². The highest BCUT2D eigenvalue weighted by molar-refractivity contribution is 6.30. The molecular weight excluding hydrogens is 454 g/mol. The summed E-state index contributed by atoms with van der Waals surface area (Å²) in [5.74, 6) is 0.639. The highest BCUT2D eigenvalue weighted by Crippen LogP contribution is 2.26. The number of rotatable bonds is 4. The summed E-state index contributed by atoms with van der Waals surface area (Å²) in [5, 5.41) is 11.7. The van der Waals surface area contributed by atoms with Gasteiger partial charge in [0.05, 0.1) is 6.54 Å². The lowest BCUT2D eigenvalue weighted by molar-refractivity contribution is 0.193. The number of piperidine rings is 1. The Kier molecular flexibility index (Phi) is 6.02. The lowest BCUT2D eigenvalue weighted by atomic mass is 9.96. The molecule has 1 saturated heterocycles. The van der Waals surface area contributed by atoms with Crippen LogP contribution in [0, 0.1) is 6.92 Å². The van der Waals surface area contributed by atoms with E-state index in [9.17, 15) is 9.59 Å². The number of urea groups is 1. The van der Waals surface area contributed by atoms with Crippen LogP contribution in [0.3, 0.4) is 0 Å². The minimum Gasteiger partial charge on any atom is -0.324 e. The molecule has 4 aromatic rings. The zero-order valence-electron chi connectivity index (χ0n) is 18.7. The van der Waals surface area contributed by atoms with Crippen molar-refractivity contribution in [1.29, 1.82) is 0 Å². The van der Waals surface area contributed by atoms with Crippen molar-refractivity contribution in [1.82, 2.24) is 29.9 Å². The van der Waals surface area contributed by atoms with Crippen molar-refractivity contribution in [3.63, 3.8) is 0 Å². The first kappa shape index (κ1) is 22.1. The summed E-state index contributed by atoms with van der Waals surface area (Å²) in [6, 6.07) is 15.1. The van der Waals surface area contributed by atoms with Crippen LogP contribution < -0.4 is 10.9 Å². The number of hydrogen-bond acceptors (Lipinski definition) is 5. The molecule has 3 heterocycles. The van der Waals surface area contributed by atoms with Crippen molar-refractivity contribution in [2.75, 3.05) is 18.4 Å². The van der Waals surface area contributed by atoms with Gasteiger partial charge in [-0.2, -0.15) is 0 Å². The van der Waals surface area contributed by atoms with Crippen LogP contribution in [-0.4, -0.2) is 49.0 Å². The number of carbonyl (C=O) groups excluding carboxylic acids is 1. The highest BCUT2D eigenvalue weighted by atomic mass is 35.5. The number of benzene rings is 2. The van der Waals surface area contributed by atoms with Gasteiger partial charge in [0.25, 0.3) is 5.56 Å². The molecule has 0 unspecified atom stereocenters. The molecule has 0 atom stereocenters. The van der Waals surface area contributed by atoms with E-state index in [1.807, 2.05) is 49.4 Å². The molecule has 2 aromatic carbocycles. The monoisotopic (exact) mass is 477 g/mol. The summed E-state index contributed by atoms with van der Waals surface area (Å²) in [5.41, 5.74) is 3.15. The number of amides is 2. The Morgan fingerprint density at radius 2 is 1.97 bits per heavy atom. The van der Waals surface area contributed by atoms with E-state index in [0.717, 1.165) is 16.8 Å². The van der Waals surface area contributed by atoms with Gasteiger partial charge in [-0.1, -0.05) is 41.1 Å². The molecule has 0 saturated carbocycles. The van der Waals surface area contributed by atoms with Gasteiger partial charge < -0.3 is 15.2 Å². The van der Waals surface area contributed by atoms with Crippen LogP contribution in [0.4, 0.5) is 10.5 Å². The molecule has 5 rings (SSSR count). The average Bonchev–Trinajstić information content (AvgIpc) is 3.22. The summed E-state index contributed by atoms with van der Waals surface area (Å²) in [4.78, 5) is 34.7. The Hall–Kier alpha value is -3.72. The quantitative estimate of drug-likeness (QED) is 0.462. The molecule has 0 bridgehead atoms.